The van der Waals surface area contributed by atoms with Crippen LogP contribution in [0.2, 0.25) is 0 Å². The van der Waals surface area contributed by atoms with Crippen LogP contribution in [0.4, 0.5) is 0 Å². The summed E-state index contributed by atoms with van der Waals surface area (Å²) in [4.78, 5) is 23.7. The predicted octanol–water partition coefficient (Wildman–Crippen LogP) is 1.95. The maximum absolute atomic E-state index is 11.8. The first kappa shape index (κ1) is 16.0. The summed E-state index contributed by atoms with van der Waals surface area (Å²) in [5.41, 5.74) is 1.16. The number of rotatable bonds is 8. The molecule has 0 aliphatic rings. The molecule has 0 atom stereocenters. The molecule has 1 amide bonds. The third-order valence-electron chi connectivity index (χ3n) is 2.98. The molecule has 0 aliphatic heterocycles. The summed E-state index contributed by atoms with van der Waals surface area (Å²) in [5.74, 6) is -0.326. The summed E-state index contributed by atoms with van der Waals surface area (Å²) < 4.78 is 5.45. The molecule has 0 bridgehead atoms. The SMILES string of the molecule is CCc1cccc(OCC(=O)N(C)CCCC(=O)O)c1. The minimum Gasteiger partial charge on any atom is -0.484 e. The molecule has 110 valence electrons. The van der Waals surface area contributed by atoms with Gasteiger partial charge in [0, 0.05) is 20.0 Å². The summed E-state index contributed by atoms with van der Waals surface area (Å²) in [5, 5.41) is 8.54. The van der Waals surface area contributed by atoms with Crippen molar-refractivity contribution >= 4 is 11.9 Å². The third kappa shape index (κ3) is 5.73. The summed E-state index contributed by atoms with van der Waals surface area (Å²) in [7, 11) is 1.65. The maximum atomic E-state index is 11.8. The molecule has 5 nitrogen and oxygen atoms in total. The first-order chi connectivity index (χ1) is 9.52. The number of carbonyl (C=O) groups excluding carboxylic acids is 1. The van der Waals surface area contributed by atoms with Gasteiger partial charge in [0.25, 0.3) is 5.91 Å². The van der Waals surface area contributed by atoms with E-state index in [1.807, 2.05) is 24.3 Å². The largest absolute Gasteiger partial charge is 0.484 e. The fraction of sp³-hybridized carbons (Fsp3) is 0.467. The van der Waals surface area contributed by atoms with E-state index in [0.29, 0.717) is 18.7 Å². The van der Waals surface area contributed by atoms with Gasteiger partial charge in [0.15, 0.2) is 6.61 Å². The van der Waals surface area contributed by atoms with Gasteiger partial charge >= 0.3 is 5.97 Å². The molecular formula is C15H21NO4. The number of hydrogen-bond acceptors (Lipinski definition) is 3. The maximum Gasteiger partial charge on any atom is 0.303 e. The van der Waals surface area contributed by atoms with Gasteiger partial charge in [-0.2, -0.15) is 0 Å². The third-order valence-corrected chi connectivity index (χ3v) is 2.98. The van der Waals surface area contributed by atoms with E-state index in [-0.39, 0.29) is 18.9 Å². The molecule has 1 aromatic rings. The minimum absolute atomic E-state index is 0.0310. The average Bonchev–Trinajstić information content (AvgIpc) is 2.44. The van der Waals surface area contributed by atoms with E-state index >= 15 is 0 Å². The van der Waals surface area contributed by atoms with E-state index in [2.05, 4.69) is 6.92 Å². The van der Waals surface area contributed by atoms with E-state index in [1.165, 1.54) is 4.90 Å². The van der Waals surface area contributed by atoms with Gasteiger partial charge in [0.05, 0.1) is 0 Å². The van der Waals surface area contributed by atoms with E-state index < -0.39 is 5.97 Å². The van der Waals surface area contributed by atoms with Crippen LogP contribution in [0.5, 0.6) is 5.75 Å². The quantitative estimate of drug-likeness (QED) is 0.790. The van der Waals surface area contributed by atoms with Gasteiger partial charge in [-0.25, -0.2) is 0 Å². The Morgan fingerprint density at radius 1 is 1.35 bits per heavy atom. The van der Waals surface area contributed by atoms with Crippen LogP contribution in [-0.2, 0) is 16.0 Å². The molecule has 0 aromatic heterocycles. The Labute approximate surface area is 119 Å². The summed E-state index contributed by atoms with van der Waals surface area (Å²) in [6.07, 6.45) is 1.43. The molecule has 0 aliphatic carbocycles. The van der Waals surface area contributed by atoms with Crippen molar-refractivity contribution in [1.82, 2.24) is 4.90 Å². The molecule has 1 aromatic carbocycles. The van der Waals surface area contributed by atoms with Crippen molar-refractivity contribution in [2.45, 2.75) is 26.2 Å². The molecule has 1 rings (SSSR count). The molecule has 0 unspecified atom stereocenters. The molecule has 5 heteroatoms. The number of likely N-dealkylation sites (N-methyl/N-ethyl adjacent to an activating group) is 1. The van der Waals surface area contributed by atoms with E-state index in [0.717, 1.165) is 12.0 Å². The zero-order chi connectivity index (χ0) is 15.0. The molecule has 0 heterocycles. The number of ether oxygens (including phenoxy) is 1. The Kier molecular flexibility index (Phi) is 6.56. The van der Waals surface area contributed by atoms with Crippen LogP contribution in [0.1, 0.15) is 25.3 Å². The van der Waals surface area contributed by atoms with Crippen LogP contribution in [0.3, 0.4) is 0 Å². The normalized spacial score (nSPS) is 10.1. The molecule has 20 heavy (non-hydrogen) atoms. The zero-order valence-corrected chi connectivity index (χ0v) is 12.0. The fourth-order valence-corrected chi connectivity index (χ4v) is 1.70. The lowest BCUT2D eigenvalue weighted by Crippen LogP contribution is -2.32. The first-order valence-electron chi connectivity index (χ1n) is 6.70. The highest BCUT2D eigenvalue weighted by atomic mass is 16.5. The topological polar surface area (TPSA) is 66.8 Å². The lowest BCUT2D eigenvalue weighted by atomic mass is 10.2. The number of hydrogen-bond donors (Lipinski definition) is 1. The van der Waals surface area contributed by atoms with Gasteiger partial charge in [0.1, 0.15) is 5.75 Å². The number of carbonyl (C=O) groups is 2. The van der Waals surface area contributed by atoms with Crippen molar-refractivity contribution in [3.63, 3.8) is 0 Å². The Morgan fingerprint density at radius 2 is 2.10 bits per heavy atom. The van der Waals surface area contributed by atoms with E-state index in [1.54, 1.807) is 7.05 Å². The number of aliphatic carboxylic acids is 1. The van der Waals surface area contributed by atoms with Crippen LogP contribution in [-0.4, -0.2) is 42.1 Å². The van der Waals surface area contributed by atoms with Crippen LogP contribution in [0.25, 0.3) is 0 Å². The van der Waals surface area contributed by atoms with Gasteiger partial charge in [-0.05, 0) is 30.5 Å². The molecule has 0 saturated heterocycles. The number of carboxylic acids is 1. The second-order valence-electron chi connectivity index (χ2n) is 4.60. The fourth-order valence-electron chi connectivity index (χ4n) is 1.70. The smallest absolute Gasteiger partial charge is 0.303 e. The van der Waals surface area contributed by atoms with Crippen LogP contribution in [0.15, 0.2) is 24.3 Å². The average molecular weight is 279 g/mol. The summed E-state index contributed by atoms with van der Waals surface area (Å²) in [6.45, 7) is 2.45. The number of nitrogens with zero attached hydrogens (tertiary/aromatic N) is 1. The molecule has 0 saturated carbocycles. The molecule has 0 fully saturated rings. The van der Waals surface area contributed by atoms with Crippen LogP contribution < -0.4 is 4.74 Å². The summed E-state index contributed by atoms with van der Waals surface area (Å²) >= 11 is 0. The highest BCUT2D eigenvalue weighted by molar-refractivity contribution is 5.77. The Morgan fingerprint density at radius 3 is 2.75 bits per heavy atom. The van der Waals surface area contributed by atoms with Crippen molar-refractivity contribution in [2.24, 2.45) is 0 Å². The van der Waals surface area contributed by atoms with Crippen molar-refractivity contribution in [3.05, 3.63) is 29.8 Å². The molecule has 0 spiro atoms. The Balaban J connectivity index is 2.36. The monoisotopic (exact) mass is 279 g/mol. The standard InChI is InChI=1S/C15H21NO4/c1-3-12-6-4-7-13(10-12)20-11-14(17)16(2)9-5-8-15(18)19/h4,6-7,10H,3,5,8-9,11H2,1-2H3,(H,18,19). The van der Waals surface area contributed by atoms with E-state index in [9.17, 15) is 9.59 Å². The van der Waals surface area contributed by atoms with Crippen molar-refractivity contribution in [1.29, 1.82) is 0 Å². The van der Waals surface area contributed by atoms with Crippen molar-refractivity contribution in [3.8, 4) is 5.75 Å². The first-order valence-corrected chi connectivity index (χ1v) is 6.70. The number of benzene rings is 1. The molecule has 1 N–H and O–H groups in total. The zero-order valence-electron chi connectivity index (χ0n) is 12.0. The van der Waals surface area contributed by atoms with Crippen LogP contribution >= 0.6 is 0 Å². The van der Waals surface area contributed by atoms with Gasteiger partial charge in [0.2, 0.25) is 0 Å². The van der Waals surface area contributed by atoms with Crippen molar-refractivity contribution < 1.29 is 19.4 Å². The number of aryl methyl sites for hydroxylation is 1. The number of amides is 1. The van der Waals surface area contributed by atoms with Crippen molar-refractivity contribution in [2.75, 3.05) is 20.2 Å². The Bertz CT molecular complexity index is 459. The highest BCUT2D eigenvalue weighted by Gasteiger charge is 2.10. The molecular weight excluding hydrogens is 258 g/mol. The summed E-state index contributed by atoms with van der Waals surface area (Å²) in [6, 6.07) is 7.64. The predicted molar refractivity (Wildman–Crippen MR) is 75.8 cm³/mol. The van der Waals surface area contributed by atoms with Crippen LogP contribution in [0, 0.1) is 0 Å². The number of carboxylic acid groups (broad SMARTS) is 1. The minimum atomic E-state index is -0.849. The second kappa shape index (κ2) is 8.19. The Hall–Kier alpha value is -2.04. The highest BCUT2D eigenvalue weighted by Crippen LogP contribution is 2.13. The van der Waals surface area contributed by atoms with Gasteiger partial charge in [-0.1, -0.05) is 19.1 Å². The second-order valence-corrected chi connectivity index (χ2v) is 4.60. The van der Waals surface area contributed by atoms with Gasteiger partial charge < -0.3 is 14.7 Å². The lowest BCUT2D eigenvalue weighted by Gasteiger charge is -2.17. The molecule has 0 radical (unpaired) electrons. The lowest BCUT2D eigenvalue weighted by molar-refractivity contribution is -0.138. The van der Waals surface area contributed by atoms with Gasteiger partial charge in [-0.15, -0.1) is 0 Å². The van der Waals surface area contributed by atoms with E-state index in [4.69, 9.17) is 9.84 Å². The van der Waals surface area contributed by atoms with Gasteiger partial charge in [-0.3, -0.25) is 9.59 Å².